The Morgan fingerprint density at radius 2 is 2.15 bits per heavy atom. The fourth-order valence-corrected chi connectivity index (χ4v) is 0.947. The summed E-state index contributed by atoms with van der Waals surface area (Å²) in [5.41, 5.74) is 1.38. The van der Waals surface area contributed by atoms with Crippen molar-refractivity contribution in [1.29, 1.82) is 0 Å². The Balaban J connectivity index is 4.23. The van der Waals surface area contributed by atoms with E-state index in [0.717, 1.165) is 19.4 Å². The van der Waals surface area contributed by atoms with Crippen LogP contribution in [0.15, 0.2) is 29.2 Å². The first kappa shape index (κ1) is 11.9. The van der Waals surface area contributed by atoms with Crippen molar-refractivity contribution in [3.8, 4) is 0 Å². The van der Waals surface area contributed by atoms with Gasteiger partial charge in [-0.3, -0.25) is 4.99 Å². The van der Waals surface area contributed by atoms with E-state index in [9.17, 15) is 0 Å². The van der Waals surface area contributed by atoms with E-state index in [-0.39, 0.29) is 0 Å². The molecule has 0 heterocycles. The minimum absolute atomic E-state index is 1.03. The van der Waals surface area contributed by atoms with Gasteiger partial charge in [-0.05, 0) is 26.5 Å². The third kappa shape index (κ3) is 6.14. The van der Waals surface area contributed by atoms with Crippen LogP contribution < -0.4 is 0 Å². The van der Waals surface area contributed by atoms with Crippen LogP contribution >= 0.6 is 0 Å². The molecule has 0 saturated carbocycles. The van der Waals surface area contributed by atoms with Gasteiger partial charge in [-0.2, -0.15) is 0 Å². The number of hydrogen-bond acceptors (Lipinski definition) is 2. The third-order valence-corrected chi connectivity index (χ3v) is 1.79. The molecule has 2 nitrogen and oxygen atoms in total. The molecule has 0 bridgehead atoms. The molecule has 0 rings (SSSR count). The van der Waals surface area contributed by atoms with Crippen LogP contribution in [-0.2, 0) is 0 Å². The maximum Gasteiger partial charge on any atom is 0.0422 e. The van der Waals surface area contributed by atoms with Crippen molar-refractivity contribution < 1.29 is 0 Å². The third-order valence-electron chi connectivity index (χ3n) is 1.79. The highest BCUT2D eigenvalue weighted by Gasteiger charge is 1.92. The van der Waals surface area contributed by atoms with Gasteiger partial charge in [0.2, 0.25) is 0 Å². The fraction of sp³-hybridized carbons (Fsp3) is 0.545. The van der Waals surface area contributed by atoms with Crippen LogP contribution in [-0.4, -0.2) is 18.2 Å². The van der Waals surface area contributed by atoms with E-state index in [2.05, 4.69) is 43.6 Å². The van der Waals surface area contributed by atoms with Gasteiger partial charge in [0.15, 0.2) is 0 Å². The van der Waals surface area contributed by atoms with Gasteiger partial charge in [0, 0.05) is 25.1 Å². The Morgan fingerprint density at radius 1 is 1.46 bits per heavy atom. The molecular formula is C11H20N2. The first-order chi connectivity index (χ1) is 6.24. The molecule has 0 N–H and O–H groups in total. The summed E-state index contributed by atoms with van der Waals surface area (Å²) >= 11 is 0. The summed E-state index contributed by atoms with van der Waals surface area (Å²) < 4.78 is 0. The predicted octanol–water partition coefficient (Wildman–Crippen LogP) is 3.18. The molecule has 0 aromatic heterocycles. The highest BCUT2D eigenvalue weighted by atomic mass is 15.1. The van der Waals surface area contributed by atoms with Gasteiger partial charge in [-0.25, -0.2) is 0 Å². The molecule has 74 valence electrons. The van der Waals surface area contributed by atoms with Crippen molar-refractivity contribution in [2.45, 2.75) is 33.6 Å². The van der Waals surface area contributed by atoms with E-state index in [1.165, 1.54) is 5.57 Å². The molecule has 0 aromatic rings. The highest BCUT2D eigenvalue weighted by Crippen LogP contribution is 2.03. The van der Waals surface area contributed by atoms with Crippen LogP contribution in [0, 0.1) is 0 Å². The molecule has 0 aliphatic rings. The van der Waals surface area contributed by atoms with Gasteiger partial charge in [0.25, 0.3) is 0 Å². The van der Waals surface area contributed by atoms with Crippen LogP contribution in [0.25, 0.3) is 0 Å². The lowest BCUT2D eigenvalue weighted by Crippen LogP contribution is -2.10. The summed E-state index contributed by atoms with van der Waals surface area (Å²) in [5, 5.41) is 0. The second-order valence-electron chi connectivity index (χ2n) is 3.05. The normalized spacial score (nSPS) is 12.1. The zero-order chi connectivity index (χ0) is 10.1. The smallest absolute Gasteiger partial charge is 0.0422 e. The minimum Gasteiger partial charge on any atom is -0.353 e. The topological polar surface area (TPSA) is 15.6 Å². The minimum atomic E-state index is 1.03. The largest absolute Gasteiger partial charge is 0.353 e. The number of nitrogens with zero attached hydrogens (tertiary/aromatic N) is 2. The molecule has 0 amide bonds. The zero-order valence-electron chi connectivity index (χ0n) is 8.95. The number of rotatable bonds is 6. The van der Waals surface area contributed by atoms with Crippen molar-refractivity contribution in [3.05, 3.63) is 24.2 Å². The van der Waals surface area contributed by atoms with Gasteiger partial charge >= 0.3 is 0 Å². The Hall–Kier alpha value is -1.05. The van der Waals surface area contributed by atoms with Crippen molar-refractivity contribution >= 4 is 6.72 Å². The molecule has 0 unspecified atom stereocenters. The van der Waals surface area contributed by atoms with Crippen molar-refractivity contribution in [1.82, 2.24) is 4.90 Å². The van der Waals surface area contributed by atoms with Gasteiger partial charge in [0.1, 0.15) is 0 Å². The molecule has 0 fully saturated rings. The van der Waals surface area contributed by atoms with Crippen molar-refractivity contribution in [2.75, 3.05) is 6.54 Å². The summed E-state index contributed by atoms with van der Waals surface area (Å²) in [7, 11) is 0. The van der Waals surface area contributed by atoms with Crippen LogP contribution in [0.2, 0.25) is 0 Å². The maximum absolute atomic E-state index is 3.69. The average Bonchev–Trinajstić information content (AvgIpc) is 2.14. The number of allylic oxidation sites excluding steroid dienone is 1. The summed E-state index contributed by atoms with van der Waals surface area (Å²) in [6.45, 7) is 10.9. The van der Waals surface area contributed by atoms with Crippen LogP contribution in [0.3, 0.4) is 0 Å². The molecule has 0 saturated heterocycles. The lowest BCUT2D eigenvalue weighted by Gasteiger charge is -2.14. The lowest BCUT2D eigenvalue weighted by molar-refractivity contribution is 0.495. The molecule has 0 aliphatic heterocycles. The number of aliphatic imine (C=N–C) groups is 1. The molecule has 0 spiro atoms. The summed E-state index contributed by atoms with van der Waals surface area (Å²) in [6, 6.07) is 0. The summed E-state index contributed by atoms with van der Waals surface area (Å²) in [6.07, 6.45) is 8.06. The van der Waals surface area contributed by atoms with E-state index >= 15 is 0 Å². The average molecular weight is 180 g/mol. The first-order valence-electron chi connectivity index (χ1n) is 4.80. The molecule has 0 atom stereocenters. The van der Waals surface area contributed by atoms with Crippen molar-refractivity contribution in [3.63, 3.8) is 0 Å². The van der Waals surface area contributed by atoms with Crippen molar-refractivity contribution in [2.24, 2.45) is 4.99 Å². The Kier molecular flexibility index (Phi) is 6.98. The lowest BCUT2D eigenvalue weighted by atomic mass is 10.2. The molecule has 13 heavy (non-hydrogen) atoms. The Bertz CT molecular complexity index is 192. The summed E-state index contributed by atoms with van der Waals surface area (Å²) in [4.78, 5) is 5.84. The van der Waals surface area contributed by atoms with Gasteiger partial charge in [-0.15, -0.1) is 0 Å². The molecular weight excluding hydrogens is 160 g/mol. The highest BCUT2D eigenvalue weighted by molar-refractivity contribution is 5.25. The van der Waals surface area contributed by atoms with Crippen LogP contribution in [0.5, 0.6) is 0 Å². The van der Waals surface area contributed by atoms with E-state index in [0.29, 0.717) is 0 Å². The molecule has 2 heteroatoms. The van der Waals surface area contributed by atoms with E-state index in [1.807, 2.05) is 6.20 Å². The van der Waals surface area contributed by atoms with E-state index in [1.54, 1.807) is 6.20 Å². The molecule has 0 aliphatic carbocycles. The SMILES string of the molecule is C=N/C=C\N(/C=C(/C)CC)CCC. The van der Waals surface area contributed by atoms with E-state index < -0.39 is 0 Å². The Morgan fingerprint density at radius 3 is 2.62 bits per heavy atom. The summed E-state index contributed by atoms with van der Waals surface area (Å²) in [5.74, 6) is 0. The fourth-order valence-electron chi connectivity index (χ4n) is 0.947. The standard InChI is InChI=1S/C11H20N2/c1-5-8-13(9-7-12-4)10-11(3)6-2/h7,9-10H,4-6,8H2,1-3H3/b9-7-,11-10-. The quantitative estimate of drug-likeness (QED) is 0.573. The zero-order valence-corrected chi connectivity index (χ0v) is 8.95. The first-order valence-corrected chi connectivity index (χ1v) is 4.80. The molecule has 0 radical (unpaired) electrons. The van der Waals surface area contributed by atoms with E-state index in [4.69, 9.17) is 0 Å². The predicted molar refractivity (Wildman–Crippen MR) is 59.7 cm³/mol. The van der Waals surface area contributed by atoms with Crippen LogP contribution in [0.1, 0.15) is 33.6 Å². The number of hydrogen-bond donors (Lipinski definition) is 0. The molecule has 0 aromatic carbocycles. The Labute approximate surface area is 81.7 Å². The second kappa shape index (κ2) is 7.59. The maximum atomic E-state index is 3.69. The van der Waals surface area contributed by atoms with Gasteiger partial charge in [-0.1, -0.05) is 19.4 Å². The van der Waals surface area contributed by atoms with Gasteiger partial charge in [0.05, 0.1) is 0 Å². The van der Waals surface area contributed by atoms with Crippen LogP contribution in [0.4, 0.5) is 0 Å². The monoisotopic (exact) mass is 180 g/mol. The second-order valence-corrected chi connectivity index (χ2v) is 3.05. The van der Waals surface area contributed by atoms with Gasteiger partial charge < -0.3 is 4.90 Å².